The largest absolute Gasteiger partial charge is 0.494 e. The summed E-state index contributed by atoms with van der Waals surface area (Å²) in [5.74, 6) is 1.95. The van der Waals surface area contributed by atoms with E-state index in [1.54, 1.807) is 6.92 Å². The van der Waals surface area contributed by atoms with E-state index in [2.05, 4.69) is 43.0 Å². The first-order valence-electron chi connectivity index (χ1n) is 10.2. The molecule has 0 aliphatic carbocycles. The molecule has 0 fully saturated rings. The van der Waals surface area contributed by atoms with E-state index in [0.29, 0.717) is 12.6 Å². The molecule has 4 heteroatoms. The molecule has 2 aliphatic rings. The molecule has 2 aromatic carbocycles. The molecule has 0 saturated carbocycles. The molecule has 4 rings (SSSR count). The van der Waals surface area contributed by atoms with Crippen LogP contribution in [0.1, 0.15) is 53.3 Å². The van der Waals surface area contributed by atoms with E-state index in [1.165, 1.54) is 27.8 Å². The molecule has 0 saturated heterocycles. The number of Topliss-reactive ketones (excluding diaryl/α,β-unsaturated/α-hetero) is 1. The Labute approximate surface area is 167 Å². The Hall–Kier alpha value is -2.33. The first kappa shape index (κ1) is 19.0. The molecule has 2 heterocycles. The van der Waals surface area contributed by atoms with Crippen LogP contribution in [0, 0.1) is 13.8 Å². The van der Waals surface area contributed by atoms with Crippen LogP contribution in [0.25, 0.3) is 0 Å². The van der Waals surface area contributed by atoms with Gasteiger partial charge in [-0.1, -0.05) is 18.2 Å². The zero-order valence-electron chi connectivity index (χ0n) is 17.3. The second kappa shape index (κ2) is 7.59. The normalized spacial score (nSPS) is 18.1. The second-order valence-corrected chi connectivity index (χ2v) is 8.03. The van der Waals surface area contributed by atoms with Crippen molar-refractivity contribution in [3.63, 3.8) is 0 Å². The zero-order valence-corrected chi connectivity index (χ0v) is 17.3. The summed E-state index contributed by atoms with van der Waals surface area (Å²) in [5, 5.41) is 0. The Balaban J connectivity index is 1.70. The van der Waals surface area contributed by atoms with Crippen LogP contribution >= 0.6 is 0 Å². The Morgan fingerprint density at radius 2 is 1.96 bits per heavy atom. The van der Waals surface area contributed by atoms with E-state index in [4.69, 9.17) is 9.47 Å². The van der Waals surface area contributed by atoms with Gasteiger partial charge in [0.15, 0.2) is 5.78 Å². The summed E-state index contributed by atoms with van der Waals surface area (Å²) in [6.07, 6.45) is 2.03. The molecular weight excluding hydrogens is 350 g/mol. The number of ketones is 1. The van der Waals surface area contributed by atoms with E-state index < -0.39 is 0 Å². The maximum absolute atomic E-state index is 11.4. The lowest BCUT2D eigenvalue weighted by Crippen LogP contribution is -2.39. The van der Waals surface area contributed by atoms with Crippen LogP contribution in [0.2, 0.25) is 0 Å². The number of ether oxygens (including phenoxy) is 2. The van der Waals surface area contributed by atoms with Crippen molar-refractivity contribution in [1.82, 2.24) is 4.90 Å². The molecule has 1 unspecified atom stereocenters. The highest BCUT2D eigenvalue weighted by Gasteiger charge is 2.34. The third kappa shape index (κ3) is 3.42. The monoisotopic (exact) mass is 379 g/mol. The fraction of sp³-hybridized carbons (Fsp3) is 0.458. The quantitative estimate of drug-likeness (QED) is 0.775. The average molecular weight is 380 g/mol. The minimum atomic E-state index is 0.0522. The molecule has 0 radical (unpaired) electrons. The second-order valence-electron chi connectivity index (χ2n) is 8.03. The molecule has 0 spiro atoms. The summed E-state index contributed by atoms with van der Waals surface area (Å²) in [7, 11) is 0. The fourth-order valence-electron chi connectivity index (χ4n) is 4.58. The Morgan fingerprint density at radius 1 is 1.14 bits per heavy atom. The third-order valence-corrected chi connectivity index (χ3v) is 5.95. The standard InChI is InChI=1S/C24H29NO3/c1-5-27-23-12-20-19(10-16(23)3)8-9-25-13-21-18(11-22(20)25)7-6-15(2)24(21)28-14-17(4)26/h6-7,10,12,22H,5,8-9,11,13-14H2,1-4H3. The van der Waals surface area contributed by atoms with Crippen molar-refractivity contribution in [3.05, 3.63) is 57.6 Å². The maximum Gasteiger partial charge on any atom is 0.167 e. The van der Waals surface area contributed by atoms with Crippen molar-refractivity contribution < 1.29 is 14.3 Å². The van der Waals surface area contributed by atoms with E-state index in [-0.39, 0.29) is 12.4 Å². The Bertz CT molecular complexity index is 919. The molecule has 0 N–H and O–H groups in total. The van der Waals surface area contributed by atoms with Gasteiger partial charge in [-0.25, -0.2) is 0 Å². The van der Waals surface area contributed by atoms with Crippen LogP contribution in [0.5, 0.6) is 11.5 Å². The number of nitrogens with zero attached hydrogens (tertiary/aromatic N) is 1. The van der Waals surface area contributed by atoms with Gasteiger partial charge in [-0.3, -0.25) is 9.69 Å². The molecular formula is C24H29NO3. The van der Waals surface area contributed by atoms with E-state index in [9.17, 15) is 4.79 Å². The van der Waals surface area contributed by atoms with Crippen molar-refractivity contribution in [2.45, 2.75) is 53.1 Å². The summed E-state index contributed by atoms with van der Waals surface area (Å²) < 4.78 is 11.8. The SMILES string of the molecule is CCOc1cc2c(cc1C)CCN1Cc3c(ccc(C)c3OCC(C)=O)CC21. The van der Waals surface area contributed by atoms with E-state index in [0.717, 1.165) is 43.0 Å². The van der Waals surface area contributed by atoms with Gasteiger partial charge in [0.25, 0.3) is 0 Å². The number of benzene rings is 2. The number of hydrogen-bond donors (Lipinski definition) is 0. The van der Waals surface area contributed by atoms with Gasteiger partial charge in [0, 0.05) is 24.7 Å². The van der Waals surface area contributed by atoms with Crippen LogP contribution in [0.4, 0.5) is 0 Å². The van der Waals surface area contributed by atoms with Crippen molar-refractivity contribution in [2.75, 3.05) is 19.8 Å². The fourth-order valence-corrected chi connectivity index (χ4v) is 4.58. The lowest BCUT2D eigenvalue weighted by molar-refractivity contribution is -0.118. The van der Waals surface area contributed by atoms with Crippen LogP contribution < -0.4 is 9.47 Å². The number of carbonyl (C=O) groups excluding carboxylic acids is 1. The zero-order chi connectivity index (χ0) is 19.8. The first-order valence-corrected chi connectivity index (χ1v) is 10.2. The average Bonchev–Trinajstić information content (AvgIpc) is 2.66. The lowest BCUT2D eigenvalue weighted by atomic mass is 9.82. The molecule has 0 bridgehead atoms. The van der Waals surface area contributed by atoms with E-state index >= 15 is 0 Å². The molecule has 1 atom stereocenters. The third-order valence-electron chi connectivity index (χ3n) is 5.95. The number of rotatable bonds is 5. The lowest BCUT2D eigenvalue weighted by Gasteiger charge is -2.42. The van der Waals surface area contributed by atoms with Crippen molar-refractivity contribution >= 4 is 5.78 Å². The smallest absolute Gasteiger partial charge is 0.167 e. The highest BCUT2D eigenvalue weighted by molar-refractivity contribution is 5.77. The molecule has 148 valence electrons. The highest BCUT2D eigenvalue weighted by Crippen LogP contribution is 2.43. The summed E-state index contributed by atoms with van der Waals surface area (Å²) in [5.41, 5.74) is 7.75. The number of carbonyl (C=O) groups is 1. The van der Waals surface area contributed by atoms with Gasteiger partial charge in [0.1, 0.15) is 18.1 Å². The Kier molecular flexibility index (Phi) is 5.15. The van der Waals surface area contributed by atoms with Gasteiger partial charge >= 0.3 is 0 Å². The van der Waals surface area contributed by atoms with Crippen LogP contribution in [0.3, 0.4) is 0 Å². The van der Waals surface area contributed by atoms with Crippen molar-refractivity contribution in [2.24, 2.45) is 0 Å². The molecule has 0 amide bonds. The summed E-state index contributed by atoms with van der Waals surface area (Å²) in [6, 6.07) is 9.30. The van der Waals surface area contributed by atoms with Crippen molar-refractivity contribution in [3.8, 4) is 11.5 Å². The van der Waals surface area contributed by atoms with E-state index in [1.807, 2.05) is 6.92 Å². The number of hydrogen-bond acceptors (Lipinski definition) is 4. The molecule has 28 heavy (non-hydrogen) atoms. The summed E-state index contributed by atoms with van der Waals surface area (Å²) in [6.45, 7) is 10.5. The molecule has 2 aliphatic heterocycles. The highest BCUT2D eigenvalue weighted by atomic mass is 16.5. The summed E-state index contributed by atoms with van der Waals surface area (Å²) >= 11 is 0. The minimum absolute atomic E-state index is 0.0522. The van der Waals surface area contributed by atoms with Gasteiger partial charge in [-0.2, -0.15) is 0 Å². The van der Waals surface area contributed by atoms with Gasteiger partial charge in [-0.05, 0) is 74.4 Å². The van der Waals surface area contributed by atoms with Gasteiger partial charge in [0.2, 0.25) is 0 Å². The topological polar surface area (TPSA) is 38.8 Å². The molecule has 2 aromatic rings. The molecule has 0 aromatic heterocycles. The van der Waals surface area contributed by atoms with Crippen LogP contribution in [-0.4, -0.2) is 30.4 Å². The number of fused-ring (bicyclic) bond motifs is 4. The van der Waals surface area contributed by atoms with Crippen LogP contribution in [0.15, 0.2) is 24.3 Å². The predicted molar refractivity (Wildman–Crippen MR) is 110 cm³/mol. The van der Waals surface area contributed by atoms with Gasteiger partial charge < -0.3 is 9.47 Å². The number of aryl methyl sites for hydroxylation is 2. The van der Waals surface area contributed by atoms with Crippen LogP contribution in [-0.2, 0) is 24.2 Å². The minimum Gasteiger partial charge on any atom is -0.494 e. The predicted octanol–water partition coefficient (Wildman–Crippen LogP) is 4.33. The Morgan fingerprint density at radius 3 is 2.71 bits per heavy atom. The summed E-state index contributed by atoms with van der Waals surface area (Å²) in [4.78, 5) is 14.0. The first-order chi connectivity index (χ1) is 13.5. The van der Waals surface area contributed by atoms with Gasteiger partial charge in [0.05, 0.1) is 6.61 Å². The van der Waals surface area contributed by atoms with Gasteiger partial charge in [-0.15, -0.1) is 0 Å². The maximum atomic E-state index is 11.4. The molecule has 4 nitrogen and oxygen atoms in total. The van der Waals surface area contributed by atoms with Crippen molar-refractivity contribution in [1.29, 1.82) is 0 Å².